The third-order valence-electron chi connectivity index (χ3n) is 3.94. The van der Waals surface area contributed by atoms with E-state index in [1.54, 1.807) is 6.07 Å². The first-order chi connectivity index (χ1) is 10.2. The van der Waals surface area contributed by atoms with E-state index in [-0.39, 0.29) is 18.3 Å². The second-order valence-corrected chi connectivity index (χ2v) is 6.47. The maximum absolute atomic E-state index is 12.1. The van der Waals surface area contributed by atoms with E-state index in [4.69, 9.17) is 4.42 Å². The van der Waals surface area contributed by atoms with Crippen LogP contribution < -0.4 is 10.6 Å². The lowest BCUT2D eigenvalue weighted by atomic mass is 9.96. The smallest absolute Gasteiger partial charge is 0.287 e. The largest absolute Gasteiger partial charge is 0.451 e. The first kappa shape index (κ1) is 17.3. The monoisotopic (exact) mass is 386 g/mol. The van der Waals surface area contributed by atoms with Crippen LogP contribution in [0.5, 0.6) is 0 Å². The quantitative estimate of drug-likeness (QED) is 0.840. The standard InChI is InChI=1S/C16H19BrN2O2.ClH/c17-13-3-4-14-12(8-13)9-15(21-14)16(20)19-7-5-11-2-1-6-18-10-11;/h3-4,8-9,11,18H,1-2,5-7,10H2,(H,19,20);1H. The highest BCUT2D eigenvalue weighted by atomic mass is 79.9. The van der Waals surface area contributed by atoms with E-state index in [0.29, 0.717) is 18.2 Å². The second-order valence-electron chi connectivity index (χ2n) is 5.55. The van der Waals surface area contributed by atoms with Gasteiger partial charge in [-0.1, -0.05) is 15.9 Å². The average molecular weight is 388 g/mol. The Balaban J connectivity index is 0.00000176. The number of carbonyl (C=O) groups is 1. The van der Waals surface area contributed by atoms with E-state index >= 15 is 0 Å². The molecule has 3 rings (SSSR count). The predicted octanol–water partition coefficient (Wildman–Crippen LogP) is 3.74. The molecule has 1 unspecified atom stereocenters. The summed E-state index contributed by atoms with van der Waals surface area (Å²) in [5.41, 5.74) is 0.736. The Morgan fingerprint density at radius 2 is 2.27 bits per heavy atom. The summed E-state index contributed by atoms with van der Waals surface area (Å²) in [7, 11) is 0. The topological polar surface area (TPSA) is 54.3 Å². The Kier molecular flexibility index (Phi) is 6.29. The van der Waals surface area contributed by atoms with Gasteiger partial charge >= 0.3 is 0 Å². The zero-order valence-electron chi connectivity index (χ0n) is 12.2. The summed E-state index contributed by atoms with van der Waals surface area (Å²) >= 11 is 3.42. The molecule has 1 atom stereocenters. The van der Waals surface area contributed by atoms with E-state index in [0.717, 1.165) is 35.0 Å². The molecule has 2 N–H and O–H groups in total. The molecule has 0 saturated carbocycles. The molecule has 22 heavy (non-hydrogen) atoms. The van der Waals surface area contributed by atoms with Crippen LogP contribution in [0.3, 0.4) is 0 Å². The van der Waals surface area contributed by atoms with Crippen LogP contribution in [0, 0.1) is 5.92 Å². The molecule has 2 aromatic rings. The Bertz CT molecular complexity index is 638. The number of amides is 1. The van der Waals surface area contributed by atoms with Crippen molar-refractivity contribution in [3.05, 3.63) is 34.5 Å². The van der Waals surface area contributed by atoms with E-state index in [1.165, 1.54) is 12.8 Å². The number of carbonyl (C=O) groups excluding carboxylic acids is 1. The normalized spacial score (nSPS) is 18.0. The Hall–Kier alpha value is -1.04. The number of piperidine rings is 1. The first-order valence-corrected chi connectivity index (χ1v) is 8.20. The molecule has 1 amide bonds. The fourth-order valence-electron chi connectivity index (χ4n) is 2.77. The van der Waals surface area contributed by atoms with Crippen molar-refractivity contribution >= 4 is 45.2 Å². The van der Waals surface area contributed by atoms with Crippen LogP contribution >= 0.6 is 28.3 Å². The summed E-state index contributed by atoms with van der Waals surface area (Å²) < 4.78 is 6.56. The lowest BCUT2D eigenvalue weighted by Gasteiger charge is -2.22. The molecule has 0 aliphatic carbocycles. The van der Waals surface area contributed by atoms with Crippen LogP contribution in [0.15, 0.2) is 33.2 Å². The number of nitrogens with one attached hydrogen (secondary N) is 2. The first-order valence-electron chi connectivity index (χ1n) is 7.40. The fourth-order valence-corrected chi connectivity index (χ4v) is 3.15. The summed E-state index contributed by atoms with van der Waals surface area (Å²) in [6.07, 6.45) is 3.50. The van der Waals surface area contributed by atoms with Crippen LogP contribution in [-0.2, 0) is 0 Å². The van der Waals surface area contributed by atoms with Gasteiger partial charge in [-0.15, -0.1) is 12.4 Å². The minimum absolute atomic E-state index is 0. The molecule has 4 nitrogen and oxygen atoms in total. The molecule has 1 aromatic heterocycles. The van der Waals surface area contributed by atoms with Gasteiger partial charge in [0.1, 0.15) is 5.58 Å². The zero-order chi connectivity index (χ0) is 14.7. The molecule has 2 heterocycles. The third kappa shape index (κ3) is 4.24. The summed E-state index contributed by atoms with van der Waals surface area (Å²) in [6.45, 7) is 2.89. The summed E-state index contributed by atoms with van der Waals surface area (Å²) in [5.74, 6) is 0.918. The Morgan fingerprint density at radius 3 is 3.05 bits per heavy atom. The van der Waals surface area contributed by atoms with Gasteiger partial charge in [0.25, 0.3) is 5.91 Å². The van der Waals surface area contributed by atoms with Gasteiger partial charge < -0.3 is 15.1 Å². The van der Waals surface area contributed by atoms with Gasteiger partial charge in [-0.2, -0.15) is 0 Å². The number of fused-ring (bicyclic) bond motifs is 1. The minimum Gasteiger partial charge on any atom is -0.451 e. The van der Waals surface area contributed by atoms with Crippen molar-refractivity contribution in [1.29, 1.82) is 0 Å². The minimum atomic E-state index is -0.133. The van der Waals surface area contributed by atoms with Crippen LogP contribution in [0.1, 0.15) is 29.8 Å². The van der Waals surface area contributed by atoms with Crippen molar-refractivity contribution in [3.63, 3.8) is 0 Å². The third-order valence-corrected chi connectivity index (χ3v) is 4.43. The van der Waals surface area contributed by atoms with Crippen molar-refractivity contribution in [1.82, 2.24) is 10.6 Å². The van der Waals surface area contributed by atoms with Gasteiger partial charge in [-0.05, 0) is 62.5 Å². The molecule has 6 heteroatoms. The number of furan rings is 1. The molecule has 1 fully saturated rings. The molecule has 1 aliphatic rings. The van der Waals surface area contributed by atoms with Gasteiger partial charge in [-0.25, -0.2) is 0 Å². The average Bonchev–Trinajstić information content (AvgIpc) is 2.91. The SMILES string of the molecule is Cl.O=C(NCCC1CCCNC1)c1cc2cc(Br)ccc2o1. The van der Waals surface area contributed by atoms with Gasteiger partial charge in [0.2, 0.25) is 0 Å². The maximum atomic E-state index is 12.1. The van der Waals surface area contributed by atoms with Crippen molar-refractivity contribution in [2.24, 2.45) is 5.92 Å². The summed E-state index contributed by atoms with van der Waals surface area (Å²) in [6, 6.07) is 7.51. The molecule has 0 bridgehead atoms. The number of hydrogen-bond donors (Lipinski definition) is 2. The number of hydrogen-bond acceptors (Lipinski definition) is 3. The maximum Gasteiger partial charge on any atom is 0.287 e. The number of rotatable bonds is 4. The molecule has 1 aliphatic heterocycles. The van der Waals surface area contributed by atoms with Crippen molar-refractivity contribution in [3.8, 4) is 0 Å². The summed E-state index contributed by atoms with van der Waals surface area (Å²) in [5, 5.41) is 7.28. The van der Waals surface area contributed by atoms with E-state index in [1.807, 2.05) is 18.2 Å². The van der Waals surface area contributed by atoms with Crippen LogP contribution in [0.4, 0.5) is 0 Å². The zero-order valence-corrected chi connectivity index (χ0v) is 14.6. The van der Waals surface area contributed by atoms with Gasteiger partial charge in [0, 0.05) is 16.4 Å². The van der Waals surface area contributed by atoms with Gasteiger partial charge in [-0.3, -0.25) is 4.79 Å². The fraction of sp³-hybridized carbons (Fsp3) is 0.438. The van der Waals surface area contributed by atoms with E-state index in [2.05, 4.69) is 26.6 Å². The van der Waals surface area contributed by atoms with Gasteiger partial charge in [0.15, 0.2) is 5.76 Å². The number of benzene rings is 1. The van der Waals surface area contributed by atoms with Crippen LogP contribution in [-0.4, -0.2) is 25.5 Å². The second kappa shape index (κ2) is 7.99. The van der Waals surface area contributed by atoms with Crippen LogP contribution in [0.25, 0.3) is 11.0 Å². The highest BCUT2D eigenvalue weighted by Crippen LogP contribution is 2.23. The van der Waals surface area contributed by atoms with E-state index in [9.17, 15) is 4.79 Å². The van der Waals surface area contributed by atoms with Crippen molar-refractivity contribution in [2.45, 2.75) is 19.3 Å². The Labute approximate surface area is 144 Å². The van der Waals surface area contributed by atoms with Gasteiger partial charge in [0.05, 0.1) is 0 Å². The molecule has 1 aromatic carbocycles. The Morgan fingerprint density at radius 1 is 1.41 bits per heavy atom. The molecule has 1 saturated heterocycles. The van der Waals surface area contributed by atoms with Crippen molar-refractivity contribution in [2.75, 3.05) is 19.6 Å². The lowest BCUT2D eigenvalue weighted by molar-refractivity contribution is 0.0925. The molecular formula is C16H20BrClN2O2. The predicted molar refractivity (Wildman–Crippen MR) is 93.7 cm³/mol. The number of halogens is 2. The molecular weight excluding hydrogens is 368 g/mol. The van der Waals surface area contributed by atoms with E-state index < -0.39 is 0 Å². The highest BCUT2D eigenvalue weighted by Gasteiger charge is 2.15. The van der Waals surface area contributed by atoms with Crippen molar-refractivity contribution < 1.29 is 9.21 Å². The highest BCUT2D eigenvalue weighted by molar-refractivity contribution is 9.10. The van der Waals surface area contributed by atoms with Crippen LogP contribution in [0.2, 0.25) is 0 Å². The lowest BCUT2D eigenvalue weighted by Crippen LogP contribution is -2.33. The molecule has 120 valence electrons. The summed E-state index contributed by atoms with van der Waals surface area (Å²) in [4.78, 5) is 12.1. The molecule has 0 spiro atoms. The molecule has 0 radical (unpaired) electrons.